The number of anilines is 1. The first-order chi connectivity index (χ1) is 15.0. The van der Waals surface area contributed by atoms with Crippen LogP contribution in [0.25, 0.3) is 16.7 Å². The van der Waals surface area contributed by atoms with Gasteiger partial charge in [0, 0.05) is 5.39 Å². The third-order valence-electron chi connectivity index (χ3n) is 4.65. The first kappa shape index (κ1) is 22.1. The Morgan fingerprint density at radius 1 is 1.19 bits per heavy atom. The number of hydrogen-bond donors (Lipinski definition) is 1. The number of ether oxygens (including phenoxy) is 3. The number of para-hydroxylation sites is 1. The predicted molar refractivity (Wildman–Crippen MR) is 116 cm³/mol. The second kappa shape index (κ2) is 9.92. The van der Waals surface area contributed by atoms with E-state index < -0.39 is 12.1 Å². The number of nitrogens with one attached hydrogen (secondary N) is 1. The van der Waals surface area contributed by atoms with Crippen LogP contribution in [-0.2, 0) is 9.47 Å². The first-order valence-corrected chi connectivity index (χ1v) is 10.1. The van der Waals surface area contributed by atoms with Crippen molar-refractivity contribution in [2.24, 2.45) is 0 Å². The highest BCUT2D eigenvalue weighted by molar-refractivity contribution is 5.99. The van der Waals surface area contributed by atoms with Gasteiger partial charge in [-0.05, 0) is 38.0 Å². The molecule has 31 heavy (non-hydrogen) atoms. The summed E-state index contributed by atoms with van der Waals surface area (Å²) in [5.74, 6) is 0.538. The number of rotatable bonds is 8. The molecule has 0 fully saturated rings. The van der Waals surface area contributed by atoms with Gasteiger partial charge in [-0.15, -0.1) is 0 Å². The average molecular weight is 426 g/mol. The maximum atomic E-state index is 12.4. The zero-order valence-corrected chi connectivity index (χ0v) is 18.1. The molecule has 1 amide bonds. The van der Waals surface area contributed by atoms with E-state index in [2.05, 4.69) is 15.4 Å². The number of hydrogen-bond acceptors (Lipinski definition) is 7. The molecule has 0 aliphatic carbocycles. The fourth-order valence-electron chi connectivity index (χ4n) is 3.09. The minimum absolute atomic E-state index is 0.105. The normalized spacial score (nSPS) is 10.7. The Labute approximate surface area is 180 Å². The molecular formula is C22H26N4O5. The van der Waals surface area contributed by atoms with E-state index >= 15 is 0 Å². The van der Waals surface area contributed by atoms with Gasteiger partial charge < -0.3 is 14.2 Å². The second-order valence-electron chi connectivity index (χ2n) is 6.81. The molecule has 0 saturated carbocycles. The molecule has 164 valence electrons. The van der Waals surface area contributed by atoms with E-state index in [4.69, 9.17) is 14.2 Å². The van der Waals surface area contributed by atoms with Crippen LogP contribution in [0.3, 0.4) is 0 Å². The zero-order valence-electron chi connectivity index (χ0n) is 18.1. The maximum absolute atomic E-state index is 12.4. The van der Waals surface area contributed by atoms with Crippen molar-refractivity contribution in [3.63, 3.8) is 0 Å². The zero-order chi connectivity index (χ0) is 22.4. The van der Waals surface area contributed by atoms with E-state index in [9.17, 15) is 9.59 Å². The minimum Gasteiger partial charge on any atom is -0.494 e. The van der Waals surface area contributed by atoms with E-state index in [0.717, 1.165) is 23.8 Å². The maximum Gasteiger partial charge on any atom is 0.412 e. The number of unbranched alkanes of at least 4 members (excludes halogenated alkanes) is 1. The van der Waals surface area contributed by atoms with E-state index in [0.29, 0.717) is 17.1 Å². The Morgan fingerprint density at radius 2 is 2.00 bits per heavy atom. The molecule has 9 nitrogen and oxygen atoms in total. The third-order valence-corrected chi connectivity index (χ3v) is 4.65. The van der Waals surface area contributed by atoms with Crippen LogP contribution >= 0.6 is 0 Å². The molecule has 3 rings (SSSR count). The Kier molecular flexibility index (Phi) is 7.07. The van der Waals surface area contributed by atoms with Crippen LogP contribution in [-0.4, -0.2) is 47.2 Å². The Balaban J connectivity index is 2.08. The van der Waals surface area contributed by atoms with Crippen LogP contribution in [0.4, 0.5) is 10.6 Å². The molecule has 9 heteroatoms. The summed E-state index contributed by atoms with van der Waals surface area (Å²) in [5, 5.41) is 7.83. The largest absolute Gasteiger partial charge is 0.494 e. The molecule has 0 radical (unpaired) electrons. The number of benzene rings is 1. The number of carbonyl (C=O) groups excluding carboxylic acids is 2. The summed E-state index contributed by atoms with van der Waals surface area (Å²) < 4.78 is 17.1. The molecular weight excluding hydrogens is 400 g/mol. The molecule has 0 unspecified atom stereocenters. The van der Waals surface area contributed by atoms with Crippen molar-refractivity contribution in [3.05, 3.63) is 41.6 Å². The van der Waals surface area contributed by atoms with Gasteiger partial charge in [0.15, 0.2) is 11.6 Å². The highest BCUT2D eigenvalue weighted by Gasteiger charge is 2.23. The van der Waals surface area contributed by atoms with Crippen molar-refractivity contribution in [1.82, 2.24) is 14.8 Å². The van der Waals surface area contributed by atoms with Gasteiger partial charge in [-0.25, -0.2) is 14.6 Å². The molecule has 0 bridgehead atoms. The molecule has 0 saturated heterocycles. The van der Waals surface area contributed by atoms with E-state index in [1.54, 1.807) is 14.0 Å². The lowest BCUT2D eigenvalue weighted by Crippen LogP contribution is -2.19. The topological polar surface area (TPSA) is 105 Å². The van der Waals surface area contributed by atoms with Crippen molar-refractivity contribution in [3.8, 4) is 11.6 Å². The number of methoxy groups -OCH3 is 1. The van der Waals surface area contributed by atoms with Gasteiger partial charge in [-0.1, -0.05) is 25.5 Å². The lowest BCUT2D eigenvalue weighted by molar-refractivity contribution is 0.0527. The SMILES string of the molecule is CCCCOC(=O)Nc1c(C(=O)OCC)cnn1-c1cc(C)c2cccc(OC)c2n1. The van der Waals surface area contributed by atoms with E-state index in [-0.39, 0.29) is 24.6 Å². The van der Waals surface area contributed by atoms with E-state index in [1.165, 1.54) is 10.9 Å². The number of carbonyl (C=O) groups is 2. The number of aryl methyl sites for hydroxylation is 1. The average Bonchev–Trinajstić information content (AvgIpc) is 3.17. The number of aromatic nitrogens is 3. The fraction of sp³-hybridized carbons (Fsp3) is 0.364. The highest BCUT2D eigenvalue weighted by atomic mass is 16.5. The Bertz CT molecular complexity index is 1090. The van der Waals surface area contributed by atoms with Gasteiger partial charge in [0.2, 0.25) is 0 Å². The van der Waals surface area contributed by atoms with Gasteiger partial charge in [-0.2, -0.15) is 9.78 Å². The molecule has 1 N–H and O–H groups in total. The molecule has 0 aliphatic heterocycles. The standard InChI is InChI=1S/C22H26N4O5/c1-5-7-11-31-22(28)25-20-16(21(27)30-6-2)13-23-26(20)18-12-14(3)15-9-8-10-17(29-4)19(15)24-18/h8-10,12-13H,5-7,11H2,1-4H3,(H,25,28). The molecule has 2 aromatic heterocycles. The van der Waals surface area contributed by atoms with Crippen molar-refractivity contribution in [2.45, 2.75) is 33.6 Å². The fourth-order valence-corrected chi connectivity index (χ4v) is 3.09. The second-order valence-corrected chi connectivity index (χ2v) is 6.81. The minimum atomic E-state index is -0.684. The molecule has 0 aliphatic rings. The van der Waals surface area contributed by atoms with Crippen LogP contribution in [0, 0.1) is 6.92 Å². The lowest BCUT2D eigenvalue weighted by Gasteiger charge is -2.13. The van der Waals surface area contributed by atoms with Crippen molar-refractivity contribution in [1.29, 1.82) is 0 Å². The van der Waals surface area contributed by atoms with Crippen LogP contribution in [0.2, 0.25) is 0 Å². The van der Waals surface area contributed by atoms with Crippen LogP contribution < -0.4 is 10.1 Å². The van der Waals surface area contributed by atoms with Gasteiger partial charge in [0.05, 0.1) is 26.5 Å². The summed E-state index contributed by atoms with van der Waals surface area (Å²) in [6.45, 7) is 6.10. The van der Waals surface area contributed by atoms with Crippen LogP contribution in [0.15, 0.2) is 30.5 Å². The summed E-state index contributed by atoms with van der Waals surface area (Å²) in [7, 11) is 1.57. The Hall–Kier alpha value is -3.62. The van der Waals surface area contributed by atoms with Gasteiger partial charge >= 0.3 is 12.1 Å². The third kappa shape index (κ3) is 4.76. The highest BCUT2D eigenvalue weighted by Crippen LogP contribution is 2.29. The van der Waals surface area contributed by atoms with E-state index in [1.807, 2.05) is 38.1 Å². The van der Waals surface area contributed by atoms with Crippen molar-refractivity contribution in [2.75, 3.05) is 25.6 Å². The summed E-state index contributed by atoms with van der Waals surface area (Å²) in [5.41, 5.74) is 1.68. The molecule has 2 heterocycles. The van der Waals surface area contributed by atoms with Gasteiger partial charge in [-0.3, -0.25) is 5.32 Å². The van der Waals surface area contributed by atoms with Gasteiger partial charge in [0.25, 0.3) is 0 Å². The Morgan fingerprint density at radius 3 is 2.71 bits per heavy atom. The number of pyridine rings is 1. The number of amides is 1. The monoisotopic (exact) mass is 426 g/mol. The smallest absolute Gasteiger partial charge is 0.412 e. The molecule has 0 spiro atoms. The van der Waals surface area contributed by atoms with Gasteiger partial charge in [0.1, 0.15) is 16.8 Å². The summed E-state index contributed by atoms with van der Waals surface area (Å²) in [6.07, 6.45) is 2.28. The summed E-state index contributed by atoms with van der Waals surface area (Å²) in [4.78, 5) is 29.4. The number of esters is 1. The molecule has 0 atom stereocenters. The van der Waals surface area contributed by atoms with Crippen LogP contribution in [0.1, 0.15) is 42.6 Å². The predicted octanol–water partition coefficient (Wildman–Crippen LogP) is 4.26. The van der Waals surface area contributed by atoms with Crippen molar-refractivity contribution < 1.29 is 23.8 Å². The molecule has 3 aromatic rings. The molecule has 1 aromatic carbocycles. The number of fused-ring (bicyclic) bond motifs is 1. The van der Waals surface area contributed by atoms with Crippen LogP contribution in [0.5, 0.6) is 5.75 Å². The van der Waals surface area contributed by atoms with Crippen molar-refractivity contribution >= 4 is 28.8 Å². The number of nitrogens with zero attached hydrogens (tertiary/aromatic N) is 3. The quantitative estimate of drug-likeness (QED) is 0.424. The first-order valence-electron chi connectivity index (χ1n) is 10.1. The lowest BCUT2D eigenvalue weighted by atomic mass is 10.1. The summed E-state index contributed by atoms with van der Waals surface area (Å²) in [6, 6.07) is 7.47. The summed E-state index contributed by atoms with van der Waals surface area (Å²) >= 11 is 0.